The van der Waals surface area contributed by atoms with Crippen molar-refractivity contribution in [2.75, 3.05) is 0 Å². The molecule has 1 rings (SSSR count). The van der Waals surface area contributed by atoms with E-state index in [0.29, 0.717) is 11.2 Å². The summed E-state index contributed by atoms with van der Waals surface area (Å²) in [5.41, 5.74) is 5.79. The van der Waals surface area contributed by atoms with Crippen LogP contribution in [0.1, 0.15) is 93.2 Å². The summed E-state index contributed by atoms with van der Waals surface area (Å²) in [6.07, 6.45) is 12.3. The van der Waals surface area contributed by atoms with Crippen LogP contribution < -0.4 is 0 Å². The van der Waals surface area contributed by atoms with E-state index in [1.807, 2.05) is 11.8 Å². The molecule has 0 fully saturated rings. The molecule has 0 saturated heterocycles. The molecule has 1 atom stereocenters. The first-order chi connectivity index (χ1) is 14.4. The highest BCUT2D eigenvalue weighted by atomic mass is 32.2. The van der Waals surface area contributed by atoms with Crippen molar-refractivity contribution < 1.29 is 0 Å². The van der Waals surface area contributed by atoms with Crippen LogP contribution in [0.3, 0.4) is 0 Å². The van der Waals surface area contributed by atoms with Crippen molar-refractivity contribution >= 4 is 11.8 Å². The van der Waals surface area contributed by atoms with Crippen LogP contribution in [-0.4, -0.2) is 5.25 Å². The SMILES string of the molecule is C/C=C(C)/C(/C=C\C(C)C)=C/C.C=C(C)SC(CC)CCc1ccc(C(C)(C)C)cc1. The third-order valence-electron chi connectivity index (χ3n) is 5.26. The standard InChI is InChI=1S/C18H28S.C12H20/c1-7-17(19-14(2)3)13-10-15-8-11-16(12-9-15)18(4,5)6;1-6-11(5)12(7-2)9-8-10(3)4/h8-9,11-12,17H,2,7,10,13H2,1,3-6H3;6-10H,1-5H3/b;9-8-,11-6+,12-7+. The Morgan fingerprint density at radius 3 is 2.00 bits per heavy atom. The van der Waals surface area contributed by atoms with Crippen LogP contribution in [-0.2, 0) is 11.8 Å². The quantitative estimate of drug-likeness (QED) is 0.344. The molecule has 0 aromatic heterocycles. The normalized spacial score (nSPS) is 13.9. The lowest BCUT2D eigenvalue weighted by molar-refractivity contribution is 0.590. The molecule has 0 spiro atoms. The van der Waals surface area contributed by atoms with Crippen molar-refractivity contribution in [1.82, 2.24) is 0 Å². The maximum atomic E-state index is 4.00. The van der Waals surface area contributed by atoms with E-state index in [0.717, 1.165) is 0 Å². The lowest BCUT2D eigenvalue weighted by Gasteiger charge is -2.19. The Morgan fingerprint density at radius 2 is 1.61 bits per heavy atom. The Balaban J connectivity index is 0.000000649. The number of hydrogen-bond acceptors (Lipinski definition) is 1. The van der Waals surface area contributed by atoms with Gasteiger partial charge in [0.05, 0.1) is 0 Å². The minimum Gasteiger partial charge on any atom is -0.128 e. The van der Waals surface area contributed by atoms with Gasteiger partial charge in [0.2, 0.25) is 0 Å². The predicted octanol–water partition coefficient (Wildman–Crippen LogP) is 10.1. The third kappa shape index (κ3) is 13.5. The van der Waals surface area contributed by atoms with Crippen LogP contribution in [0.2, 0.25) is 0 Å². The number of hydrogen-bond donors (Lipinski definition) is 0. The summed E-state index contributed by atoms with van der Waals surface area (Å²) in [5.74, 6) is 0.629. The van der Waals surface area contributed by atoms with E-state index in [4.69, 9.17) is 0 Å². The Bertz CT molecular complexity index is 721. The largest absolute Gasteiger partial charge is 0.128 e. The monoisotopic (exact) mass is 440 g/mol. The molecule has 1 aromatic carbocycles. The molecule has 1 unspecified atom stereocenters. The van der Waals surface area contributed by atoms with Crippen molar-refractivity contribution in [2.24, 2.45) is 5.92 Å². The van der Waals surface area contributed by atoms with Gasteiger partial charge in [0.1, 0.15) is 0 Å². The van der Waals surface area contributed by atoms with Crippen LogP contribution >= 0.6 is 11.8 Å². The van der Waals surface area contributed by atoms with Crippen molar-refractivity contribution in [3.63, 3.8) is 0 Å². The Kier molecular flexibility index (Phi) is 14.6. The van der Waals surface area contributed by atoms with Gasteiger partial charge >= 0.3 is 0 Å². The predicted molar refractivity (Wildman–Crippen MR) is 147 cm³/mol. The summed E-state index contributed by atoms with van der Waals surface area (Å²) < 4.78 is 0. The number of benzene rings is 1. The van der Waals surface area contributed by atoms with Gasteiger partial charge in [0.25, 0.3) is 0 Å². The fraction of sp³-hybridized carbons (Fsp3) is 0.533. The highest BCUT2D eigenvalue weighted by Crippen LogP contribution is 2.27. The van der Waals surface area contributed by atoms with Crippen molar-refractivity contribution in [3.05, 3.63) is 82.3 Å². The number of allylic oxidation sites excluding steroid dienone is 7. The van der Waals surface area contributed by atoms with Crippen LogP contribution in [0.15, 0.2) is 71.2 Å². The average molecular weight is 441 g/mol. The molecule has 1 heteroatoms. The van der Waals surface area contributed by atoms with E-state index in [2.05, 4.69) is 124 Å². The second-order valence-corrected chi connectivity index (χ2v) is 11.3. The molecular weight excluding hydrogens is 392 g/mol. The summed E-state index contributed by atoms with van der Waals surface area (Å²) >= 11 is 1.93. The third-order valence-corrected chi connectivity index (χ3v) is 6.56. The number of thioether (sulfide) groups is 1. The van der Waals surface area contributed by atoms with Crippen LogP contribution in [0.5, 0.6) is 0 Å². The first kappa shape index (κ1) is 29.5. The molecule has 0 aliphatic rings. The molecule has 0 N–H and O–H groups in total. The topological polar surface area (TPSA) is 0 Å². The Morgan fingerprint density at radius 1 is 1.03 bits per heavy atom. The van der Waals surface area contributed by atoms with Gasteiger partial charge in [-0.1, -0.05) is 96.7 Å². The maximum absolute atomic E-state index is 4.00. The summed E-state index contributed by atoms with van der Waals surface area (Å²) in [4.78, 5) is 1.23. The molecular formula is C30H48S. The minimum absolute atomic E-state index is 0.250. The summed E-state index contributed by atoms with van der Waals surface area (Å²) in [6.45, 7) is 25.8. The van der Waals surface area contributed by atoms with E-state index in [9.17, 15) is 0 Å². The Hall–Kier alpha value is -1.47. The molecule has 0 aliphatic carbocycles. The molecule has 0 amide bonds. The molecule has 0 saturated carbocycles. The highest BCUT2D eigenvalue weighted by molar-refractivity contribution is 8.03. The zero-order chi connectivity index (χ0) is 24.0. The van der Waals surface area contributed by atoms with Gasteiger partial charge in [-0.15, -0.1) is 11.8 Å². The van der Waals surface area contributed by atoms with Crippen molar-refractivity contribution in [3.8, 4) is 0 Å². The molecule has 1 aromatic rings. The Labute approximate surface area is 199 Å². The van der Waals surface area contributed by atoms with Gasteiger partial charge in [-0.05, 0) is 85.5 Å². The van der Waals surface area contributed by atoms with Crippen LogP contribution in [0, 0.1) is 5.92 Å². The molecule has 0 heterocycles. The van der Waals surface area contributed by atoms with E-state index in [1.54, 1.807) is 0 Å². The molecule has 0 bridgehead atoms. The maximum Gasteiger partial charge on any atom is 0.00914 e. The van der Waals surface area contributed by atoms with Crippen LogP contribution in [0.4, 0.5) is 0 Å². The van der Waals surface area contributed by atoms with E-state index in [-0.39, 0.29) is 5.41 Å². The highest BCUT2D eigenvalue weighted by Gasteiger charge is 2.13. The molecule has 0 aliphatic heterocycles. The van der Waals surface area contributed by atoms with Crippen molar-refractivity contribution in [2.45, 2.75) is 99.2 Å². The number of rotatable bonds is 9. The zero-order valence-corrected chi connectivity index (χ0v) is 22.8. The van der Waals surface area contributed by atoms with Gasteiger partial charge in [-0.25, -0.2) is 0 Å². The lowest BCUT2D eigenvalue weighted by Crippen LogP contribution is -2.10. The fourth-order valence-electron chi connectivity index (χ4n) is 3.05. The van der Waals surface area contributed by atoms with Crippen LogP contribution in [0.25, 0.3) is 0 Å². The van der Waals surface area contributed by atoms with Crippen molar-refractivity contribution in [1.29, 1.82) is 0 Å². The number of aryl methyl sites for hydroxylation is 1. The summed E-state index contributed by atoms with van der Waals surface area (Å²) in [6, 6.07) is 9.14. The minimum atomic E-state index is 0.250. The lowest BCUT2D eigenvalue weighted by atomic mass is 9.86. The molecule has 0 nitrogen and oxygen atoms in total. The van der Waals surface area contributed by atoms with Gasteiger partial charge < -0.3 is 0 Å². The zero-order valence-electron chi connectivity index (χ0n) is 22.0. The smallest absolute Gasteiger partial charge is 0.00914 e. The fourth-order valence-corrected chi connectivity index (χ4v) is 4.02. The van der Waals surface area contributed by atoms with E-state index >= 15 is 0 Å². The second-order valence-electron chi connectivity index (χ2n) is 9.65. The summed E-state index contributed by atoms with van der Waals surface area (Å²) in [5, 5.41) is 0.708. The first-order valence-corrected chi connectivity index (χ1v) is 12.7. The molecule has 174 valence electrons. The van der Waals surface area contributed by atoms with Gasteiger partial charge in [0.15, 0.2) is 0 Å². The average Bonchev–Trinajstić information content (AvgIpc) is 2.71. The van der Waals surface area contributed by atoms with Gasteiger partial charge in [0, 0.05) is 5.25 Å². The van der Waals surface area contributed by atoms with E-state index in [1.165, 1.54) is 46.4 Å². The first-order valence-electron chi connectivity index (χ1n) is 11.8. The summed E-state index contributed by atoms with van der Waals surface area (Å²) in [7, 11) is 0. The van der Waals surface area contributed by atoms with Gasteiger partial charge in [-0.3, -0.25) is 0 Å². The van der Waals surface area contributed by atoms with E-state index < -0.39 is 0 Å². The van der Waals surface area contributed by atoms with Gasteiger partial charge in [-0.2, -0.15) is 0 Å². The molecule has 31 heavy (non-hydrogen) atoms. The molecule has 0 radical (unpaired) electrons. The second kappa shape index (κ2) is 15.4.